The second-order valence-corrected chi connectivity index (χ2v) is 3.17. The molecule has 0 unspecified atom stereocenters. The molecule has 0 atom stereocenters. The van der Waals surface area contributed by atoms with Crippen molar-refractivity contribution < 1.29 is 4.74 Å². The lowest BCUT2D eigenvalue weighted by Gasteiger charge is -2.03. The van der Waals surface area contributed by atoms with E-state index >= 15 is 0 Å². The van der Waals surface area contributed by atoms with Gasteiger partial charge in [0.1, 0.15) is 5.82 Å². The quantitative estimate of drug-likeness (QED) is 0.778. The summed E-state index contributed by atoms with van der Waals surface area (Å²) in [6.45, 7) is 2.36. The van der Waals surface area contributed by atoms with Crippen molar-refractivity contribution in [3.8, 4) is 0 Å². The minimum Gasteiger partial charge on any atom is -0.378 e. The third-order valence-corrected chi connectivity index (χ3v) is 2.13. The average Bonchev–Trinajstić information content (AvgIpc) is 2.60. The van der Waals surface area contributed by atoms with Gasteiger partial charge in [-0.2, -0.15) is 5.10 Å². The molecule has 0 aliphatic rings. The van der Waals surface area contributed by atoms with Crippen LogP contribution in [-0.4, -0.2) is 26.7 Å². The van der Waals surface area contributed by atoms with Crippen molar-refractivity contribution in [3.63, 3.8) is 0 Å². The van der Waals surface area contributed by atoms with Crippen LogP contribution < -0.4 is 5.69 Å². The van der Waals surface area contributed by atoms with Gasteiger partial charge in [0.25, 0.3) is 0 Å². The van der Waals surface area contributed by atoms with Crippen LogP contribution >= 0.6 is 0 Å². The van der Waals surface area contributed by atoms with E-state index in [1.165, 1.54) is 4.40 Å². The Labute approximate surface area is 85.9 Å². The summed E-state index contributed by atoms with van der Waals surface area (Å²) < 4.78 is 6.47. The Morgan fingerprint density at radius 1 is 1.60 bits per heavy atom. The van der Waals surface area contributed by atoms with Crippen molar-refractivity contribution in [1.29, 1.82) is 0 Å². The van der Waals surface area contributed by atoms with Crippen LogP contribution in [0, 0.1) is 0 Å². The van der Waals surface area contributed by atoms with Gasteiger partial charge in [0.15, 0.2) is 5.65 Å². The lowest BCUT2D eigenvalue weighted by Crippen LogP contribution is -2.15. The number of nitrogens with zero attached hydrogens (tertiary/aromatic N) is 3. The van der Waals surface area contributed by atoms with Crippen LogP contribution in [0.2, 0.25) is 0 Å². The zero-order valence-corrected chi connectivity index (χ0v) is 8.65. The molecule has 0 bridgehead atoms. The summed E-state index contributed by atoms with van der Waals surface area (Å²) >= 11 is 0. The summed E-state index contributed by atoms with van der Waals surface area (Å²) in [4.78, 5) is 15.7. The number of aryl methyl sites for hydroxylation is 1. The van der Waals surface area contributed by atoms with Gasteiger partial charge in [-0.05, 0) is 0 Å². The maximum atomic E-state index is 11.4. The van der Waals surface area contributed by atoms with Crippen LogP contribution in [0.3, 0.4) is 0 Å². The highest BCUT2D eigenvalue weighted by molar-refractivity contribution is 5.38. The number of aromatic nitrogens is 4. The fourth-order valence-corrected chi connectivity index (χ4v) is 1.51. The van der Waals surface area contributed by atoms with Crippen molar-refractivity contribution in [2.75, 3.05) is 7.11 Å². The number of nitrogens with one attached hydrogen (secondary N) is 1. The molecule has 0 amide bonds. The summed E-state index contributed by atoms with van der Waals surface area (Å²) in [6, 6.07) is 1.74. The first-order valence-corrected chi connectivity index (χ1v) is 4.71. The Morgan fingerprint density at radius 2 is 2.40 bits per heavy atom. The number of hydrogen-bond acceptors (Lipinski definition) is 4. The summed E-state index contributed by atoms with van der Waals surface area (Å²) in [6.07, 6.45) is 0.674. The SMILES string of the molecule is CCc1nc(COC)cc2n[nH]c(=O)n12. The predicted molar refractivity (Wildman–Crippen MR) is 53.7 cm³/mol. The molecule has 0 fully saturated rings. The molecule has 1 N–H and O–H groups in total. The Balaban J connectivity index is 2.67. The Morgan fingerprint density at radius 3 is 3.07 bits per heavy atom. The third-order valence-electron chi connectivity index (χ3n) is 2.13. The largest absolute Gasteiger partial charge is 0.378 e. The molecular formula is C9H12N4O2. The molecule has 2 aromatic rings. The maximum absolute atomic E-state index is 11.4. The van der Waals surface area contributed by atoms with Crippen LogP contribution in [0.1, 0.15) is 18.4 Å². The second-order valence-electron chi connectivity index (χ2n) is 3.17. The first kappa shape index (κ1) is 9.85. The van der Waals surface area contributed by atoms with Crippen LogP contribution in [0.15, 0.2) is 10.9 Å². The smallest absolute Gasteiger partial charge is 0.349 e. The van der Waals surface area contributed by atoms with E-state index in [1.54, 1.807) is 13.2 Å². The first-order valence-electron chi connectivity index (χ1n) is 4.71. The van der Waals surface area contributed by atoms with Crippen molar-refractivity contribution >= 4 is 5.65 Å². The standard InChI is InChI=1S/C9H12N4O2/c1-3-7-10-6(5-15-2)4-8-11-12-9(14)13(7)8/h4H,3,5H2,1-2H3,(H,12,14). The van der Waals surface area contributed by atoms with E-state index < -0.39 is 0 Å². The molecule has 6 heteroatoms. The fraction of sp³-hybridized carbons (Fsp3) is 0.444. The number of methoxy groups -OCH3 is 1. The second kappa shape index (κ2) is 3.82. The molecule has 0 saturated heterocycles. The minimum atomic E-state index is -0.252. The van der Waals surface area contributed by atoms with Gasteiger partial charge in [0.2, 0.25) is 0 Å². The van der Waals surface area contributed by atoms with Gasteiger partial charge in [-0.3, -0.25) is 0 Å². The molecule has 0 radical (unpaired) electrons. The molecule has 6 nitrogen and oxygen atoms in total. The summed E-state index contributed by atoms with van der Waals surface area (Å²) in [5.41, 5.74) is 1.11. The topological polar surface area (TPSA) is 72.3 Å². The van der Waals surface area contributed by atoms with Gasteiger partial charge in [0, 0.05) is 19.6 Å². The number of rotatable bonds is 3. The summed E-state index contributed by atoms with van der Waals surface area (Å²) in [5.74, 6) is 0.693. The fourth-order valence-electron chi connectivity index (χ4n) is 1.51. The molecule has 80 valence electrons. The molecule has 0 aliphatic carbocycles. The first-order chi connectivity index (χ1) is 7.26. The minimum absolute atomic E-state index is 0.252. The highest BCUT2D eigenvalue weighted by Crippen LogP contribution is 2.05. The molecule has 0 saturated carbocycles. The summed E-state index contributed by atoms with van der Waals surface area (Å²) in [7, 11) is 1.61. The zero-order valence-electron chi connectivity index (χ0n) is 8.65. The Bertz CT molecular complexity index is 528. The third kappa shape index (κ3) is 1.63. The number of ether oxygens (including phenoxy) is 1. The number of hydrogen-bond donors (Lipinski definition) is 1. The lowest BCUT2D eigenvalue weighted by atomic mass is 10.3. The van der Waals surface area contributed by atoms with Crippen LogP contribution in [-0.2, 0) is 17.8 Å². The van der Waals surface area contributed by atoms with Gasteiger partial charge in [-0.1, -0.05) is 6.92 Å². The van der Waals surface area contributed by atoms with Gasteiger partial charge in [0.05, 0.1) is 12.3 Å². The van der Waals surface area contributed by atoms with Gasteiger partial charge < -0.3 is 4.74 Å². The van der Waals surface area contributed by atoms with E-state index in [-0.39, 0.29) is 5.69 Å². The van der Waals surface area contributed by atoms with E-state index in [1.807, 2.05) is 6.92 Å². The normalized spacial score (nSPS) is 11.1. The van der Waals surface area contributed by atoms with Crippen LogP contribution in [0.5, 0.6) is 0 Å². The molecule has 2 aromatic heterocycles. The molecule has 0 aromatic carbocycles. The van der Waals surface area contributed by atoms with E-state index in [9.17, 15) is 4.79 Å². The van der Waals surface area contributed by atoms with E-state index in [0.717, 1.165) is 5.69 Å². The van der Waals surface area contributed by atoms with Gasteiger partial charge in [-0.25, -0.2) is 19.3 Å². The van der Waals surface area contributed by atoms with Gasteiger partial charge in [-0.15, -0.1) is 0 Å². The predicted octanol–water partition coefficient (Wildman–Crippen LogP) is 0.126. The summed E-state index contributed by atoms with van der Waals surface area (Å²) in [5, 5.41) is 6.30. The number of H-pyrrole nitrogens is 1. The number of fused-ring (bicyclic) bond motifs is 1. The van der Waals surface area contributed by atoms with E-state index in [4.69, 9.17) is 4.74 Å². The molecule has 15 heavy (non-hydrogen) atoms. The Hall–Kier alpha value is -1.69. The zero-order chi connectivity index (χ0) is 10.8. The molecule has 0 aliphatic heterocycles. The monoisotopic (exact) mass is 208 g/mol. The highest BCUT2D eigenvalue weighted by Gasteiger charge is 2.08. The van der Waals surface area contributed by atoms with Crippen LogP contribution in [0.25, 0.3) is 5.65 Å². The van der Waals surface area contributed by atoms with Gasteiger partial charge >= 0.3 is 5.69 Å². The number of aromatic amines is 1. The van der Waals surface area contributed by atoms with Crippen molar-refractivity contribution in [1.82, 2.24) is 19.6 Å². The van der Waals surface area contributed by atoms with E-state index in [0.29, 0.717) is 24.5 Å². The average molecular weight is 208 g/mol. The Kier molecular flexibility index (Phi) is 2.51. The van der Waals surface area contributed by atoms with Crippen LogP contribution in [0.4, 0.5) is 0 Å². The maximum Gasteiger partial charge on any atom is 0.349 e. The molecule has 2 rings (SSSR count). The van der Waals surface area contributed by atoms with Crippen molar-refractivity contribution in [3.05, 3.63) is 28.1 Å². The lowest BCUT2D eigenvalue weighted by molar-refractivity contribution is 0.181. The molecule has 0 spiro atoms. The molecular weight excluding hydrogens is 196 g/mol. The molecule has 2 heterocycles. The van der Waals surface area contributed by atoms with E-state index in [2.05, 4.69) is 15.2 Å². The highest BCUT2D eigenvalue weighted by atomic mass is 16.5. The van der Waals surface area contributed by atoms with Crippen molar-refractivity contribution in [2.45, 2.75) is 20.0 Å². The van der Waals surface area contributed by atoms with Crippen molar-refractivity contribution in [2.24, 2.45) is 0 Å².